The van der Waals surface area contributed by atoms with Crippen LogP contribution in [-0.4, -0.2) is 28.6 Å². The van der Waals surface area contributed by atoms with Crippen molar-refractivity contribution >= 4 is 40.8 Å². The van der Waals surface area contributed by atoms with Gasteiger partial charge in [0.2, 0.25) is 0 Å². The van der Waals surface area contributed by atoms with Crippen molar-refractivity contribution in [2.45, 2.75) is 19.4 Å². The van der Waals surface area contributed by atoms with E-state index in [4.69, 9.17) is 17.0 Å². The molecule has 1 amide bonds. The fraction of sp³-hybridized carbons (Fsp3) is 0.167. The molecule has 2 aliphatic rings. The second kappa shape index (κ2) is 8.45. The Labute approximate surface area is 176 Å². The van der Waals surface area contributed by atoms with E-state index in [1.54, 1.807) is 6.08 Å². The normalized spacial score (nSPS) is 19.7. The van der Waals surface area contributed by atoms with Crippen molar-refractivity contribution in [3.8, 4) is 0 Å². The Bertz CT molecular complexity index is 993. The molecule has 0 aromatic heterocycles. The van der Waals surface area contributed by atoms with Crippen LogP contribution in [0.5, 0.6) is 0 Å². The lowest BCUT2D eigenvalue weighted by Gasteiger charge is -2.32. The van der Waals surface area contributed by atoms with Crippen LogP contribution < -0.4 is 4.90 Å². The van der Waals surface area contributed by atoms with Gasteiger partial charge in [-0.15, -0.1) is 0 Å². The first-order valence-electron chi connectivity index (χ1n) is 9.70. The molecule has 4 nitrogen and oxygen atoms in total. The predicted octanol–water partition coefficient (Wildman–Crippen LogP) is 5.21. The van der Waals surface area contributed by atoms with E-state index in [-0.39, 0.29) is 22.9 Å². The largest absolute Gasteiger partial charge is 0.426 e. The first kappa shape index (κ1) is 19.2. The number of rotatable bonds is 5. The first-order chi connectivity index (χ1) is 14.2. The van der Waals surface area contributed by atoms with Crippen molar-refractivity contribution in [1.29, 1.82) is 0 Å². The maximum absolute atomic E-state index is 12.3. The Balaban J connectivity index is 1.62. The molecule has 2 aromatic rings. The number of likely N-dealkylation sites (N-methyl/N-ethyl adjacent to an activating group) is 1. The topological polar surface area (TPSA) is 32.8 Å². The van der Waals surface area contributed by atoms with Crippen molar-refractivity contribution in [2.75, 3.05) is 11.4 Å². The Kier molecular flexibility index (Phi) is 5.58. The molecular weight excluding hydrogens is 380 g/mol. The van der Waals surface area contributed by atoms with Gasteiger partial charge in [-0.2, -0.15) is 0 Å². The minimum atomic E-state index is -0.188. The number of ether oxygens (including phenoxy) is 1. The third kappa shape index (κ3) is 4.00. The standard InChI is InChI=1S/C24H22N2O2S/c1-2-25-23(27)22(28-24(25)29)17-18-13-15-21(16-14-18)26(19-9-5-3-6-10-19)20-11-7-4-8-12-20/h3-11,13-17,20H,2,12H2,1H3/b22-17+. The molecule has 1 aliphatic carbocycles. The summed E-state index contributed by atoms with van der Waals surface area (Å²) in [6.07, 6.45) is 11.3. The molecule has 0 saturated carbocycles. The van der Waals surface area contributed by atoms with E-state index in [1.807, 2.05) is 25.1 Å². The highest BCUT2D eigenvalue weighted by molar-refractivity contribution is 7.80. The lowest BCUT2D eigenvalue weighted by atomic mass is 10.0. The van der Waals surface area contributed by atoms with E-state index in [0.717, 1.165) is 23.4 Å². The second-order valence-corrected chi connectivity index (χ2v) is 7.19. The zero-order chi connectivity index (χ0) is 20.2. The van der Waals surface area contributed by atoms with E-state index in [1.165, 1.54) is 4.90 Å². The van der Waals surface area contributed by atoms with Gasteiger partial charge in [0, 0.05) is 17.9 Å². The summed E-state index contributed by atoms with van der Waals surface area (Å²) in [7, 11) is 0. The van der Waals surface area contributed by atoms with Crippen LogP contribution in [0.3, 0.4) is 0 Å². The van der Waals surface area contributed by atoms with E-state index in [2.05, 4.69) is 65.6 Å². The summed E-state index contributed by atoms with van der Waals surface area (Å²) >= 11 is 5.11. The highest BCUT2D eigenvalue weighted by atomic mass is 32.1. The van der Waals surface area contributed by atoms with E-state index >= 15 is 0 Å². The summed E-state index contributed by atoms with van der Waals surface area (Å²) in [4.78, 5) is 16.1. The van der Waals surface area contributed by atoms with Gasteiger partial charge in [0.05, 0.1) is 6.04 Å². The van der Waals surface area contributed by atoms with Crippen LogP contribution in [0, 0.1) is 0 Å². The number of para-hydroxylation sites is 1. The molecule has 1 fully saturated rings. The van der Waals surface area contributed by atoms with Gasteiger partial charge in [-0.1, -0.05) is 54.6 Å². The third-order valence-corrected chi connectivity index (χ3v) is 5.29. The molecule has 5 heteroatoms. The molecule has 1 saturated heterocycles. The molecule has 1 heterocycles. The van der Waals surface area contributed by atoms with Crippen molar-refractivity contribution in [1.82, 2.24) is 4.90 Å². The number of hydrogen-bond donors (Lipinski definition) is 0. The molecule has 0 spiro atoms. The van der Waals surface area contributed by atoms with Crippen molar-refractivity contribution < 1.29 is 9.53 Å². The van der Waals surface area contributed by atoms with Crippen molar-refractivity contribution in [3.05, 3.63) is 90.2 Å². The van der Waals surface area contributed by atoms with Gasteiger partial charge in [-0.25, -0.2) is 0 Å². The molecule has 0 radical (unpaired) electrons. The average molecular weight is 403 g/mol. The van der Waals surface area contributed by atoms with Crippen LogP contribution in [0.15, 0.2) is 84.7 Å². The van der Waals surface area contributed by atoms with Crippen LogP contribution >= 0.6 is 12.2 Å². The lowest BCUT2D eigenvalue weighted by molar-refractivity contribution is -0.122. The number of hydrogen-bond acceptors (Lipinski definition) is 4. The number of amides is 1. The highest BCUT2D eigenvalue weighted by Gasteiger charge is 2.32. The molecule has 0 bridgehead atoms. The Morgan fingerprint density at radius 2 is 1.83 bits per heavy atom. The van der Waals surface area contributed by atoms with Crippen LogP contribution in [0.4, 0.5) is 11.4 Å². The monoisotopic (exact) mass is 402 g/mol. The minimum absolute atomic E-state index is 0.188. The molecule has 146 valence electrons. The smallest absolute Gasteiger partial charge is 0.297 e. The second-order valence-electron chi connectivity index (χ2n) is 6.84. The molecule has 1 unspecified atom stereocenters. The van der Waals surface area contributed by atoms with Crippen molar-refractivity contribution in [3.63, 3.8) is 0 Å². The Morgan fingerprint density at radius 1 is 1.10 bits per heavy atom. The molecule has 29 heavy (non-hydrogen) atoms. The molecular formula is C24H22N2O2S. The number of carbonyl (C=O) groups excluding carboxylic acids is 1. The van der Waals surface area contributed by atoms with E-state index in [9.17, 15) is 4.79 Å². The van der Waals surface area contributed by atoms with Crippen LogP contribution in [-0.2, 0) is 9.53 Å². The number of allylic oxidation sites excluding steroid dienone is 2. The van der Waals surface area contributed by atoms with E-state index < -0.39 is 0 Å². The number of nitrogens with zero attached hydrogens (tertiary/aromatic N) is 2. The molecule has 1 aliphatic heterocycles. The van der Waals surface area contributed by atoms with Crippen LogP contribution in [0.2, 0.25) is 0 Å². The summed E-state index contributed by atoms with van der Waals surface area (Å²) in [5.74, 6) is 0.0801. The molecule has 2 aromatic carbocycles. The van der Waals surface area contributed by atoms with Gasteiger partial charge in [0.25, 0.3) is 11.1 Å². The van der Waals surface area contributed by atoms with Gasteiger partial charge < -0.3 is 9.64 Å². The quantitative estimate of drug-likeness (QED) is 0.507. The van der Waals surface area contributed by atoms with Gasteiger partial charge in [-0.3, -0.25) is 9.69 Å². The highest BCUT2D eigenvalue weighted by Crippen LogP contribution is 2.31. The van der Waals surface area contributed by atoms with E-state index in [0.29, 0.717) is 6.54 Å². The zero-order valence-electron chi connectivity index (χ0n) is 16.2. The summed E-state index contributed by atoms with van der Waals surface area (Å²) in [6, 6.07) is 18.7. The predicted molar refractivity (Wildman–Crippen MR) is 121 cm³/mol. The molecule has 4 rings (SSSR count). The maximum atomic E-state index is 12.3. The summed E-state index contributed by atoms with van der Waals surface area (Å²) in [5, 5.41) is 0.216. The lowest BCUT2D eigenvalue weighted by Crippen LogP contribution is -2.29. The van der Waals surface area contributed by atoms with Gasteiger partial charge >= 0.3 is 0 Å². The number of anilines is 2. The number of carbonyl (C=O) groups is 1. The SMILES string of the molecule is CCN1C(=O)/C(=C\c2ccc(N(c3ccccc3)C3C=CC=CC3)cc2)OC1=S. The summed E-state index contributed by atoms with van der Waals surface area (Å²) in [6.45, 7) is 2.38. The fourth-order valence-corrected chi connectivity index (χ4v) is 3.84. The number of benzene rings is 2. The third-order valence-electron chi connectivity index (χ3n) is 4.98. The number of thiocarbonyl (C=S) groups is 1. The van der Waals surface area contributed by atoms with Crippen molar-refractivity contribution in [2.24, 2.45) is 0 Å². The van der Waals surface area contributed by atoms with Gasteiger partial charge in [0.1, 0.15) is 0 Å². The molecule has 1 atom stereocenters. The summed E-state index contributed by atoms with van der Waals surface area (Å²) in [5.41, 5.74) is 3.12. The zero-order valence-corrected chi connectivity index (χ0v) is 17.0. The maximum Gasteiger partial charge on any atom is 0.297 e. The van der Waals surface area contributed by atoms with Gasteiger partial charge in [-0.05, 0) is 61.5 Å². The van der Waals surface area contributed by atoms with Crippen LogP contribution in [0.1, 0.15) is 18.9 Å². The summed E-state index contributed by atoms with van der Waals surface area (Å²) < 4.78 is 5.47. The first-order valence-corrected chi connectivity index (χ1v) is 10.1. The van der Waals surface area contributed by atoms with Gasteiger partial charge in [0.15, 0.2) is 5.76 Å². The minimum Gasteiger partial charge on any atom is -0.426 e. The Hall–Kier alpha value is -3.18. The average Bonchev–Trinajstić information content (AvgIpc) is 3.03. The fourth-order valence-electron chi connectivity index (χ4n) is 3.53. The van der Waals surface area contributed by atoms with Crippen LogP contribution in [0.25, 0.3) is 6.08 Å². The molecule has 0 N–H and O–H groups in total. The Morgan fingerprint density at radius 3 is 2.45 bits per heavy atom.